The fraction of sp³-hybridized carbons (Fsp3) is 0.133. The lowest BCUT2D eigenvalue weighted by Gasteiger charge is -2.17. The van der Waals surface area contributed by atoms with E-state index in [2.05, 4.69) is 20.6 Å². The van der Waals surface area contributed by atoms with E-state index < -0.39 is 11.3 Å². The number of benzene rings is 1. The van der Waals surface area contributed by atoms with Crippen molar-refractivity contribution in [1.29, 1.82) is 0 Å². The number of hydrogen-bond acceptors (Lipinski definition) is 6. The van der Waals surface area contributed by atoms with Gasteiger partial charge in [-0.05, 0) is 60.7 Å². The molecule has 0 unspecified atom stereocenters. The molecule has 41 heavy (non-hydrogen) atoms. The van der Waals surface area contributed by atoms with Gasteiger partial charge in [0.1, 0.15) is 28.7 Å². The third-order valence-corrected chi connectivity index (χ3v) is 6.40. The molecule has 204 valence electrons. The second kappa shape index (κ2) is 9.94. The molecule has 0 radical (unpaired) electrons. The molecule has 10 nitrogen and oxygen atoms in total. The van der Waals surface area contributed by atoms with Gasteiger partial charge in [-0.15, -0.1) is 0 Å². The minimum absolute atomic E-state index is 0.210. The number of fused-ring (bicyclic) bond motifs is 2. The molecule has 0 saturated heterocycles. The first-order valence-electron chi connectivity index (χ1n) is 12.8. The highest BCUT2D eigenvalue weighted by Gasteiger charge is 2.22. The van der Waals surface area contributed by atoms with Crippen LogP contribution >= 0.6 is 0 Å². The maximum Gasteiger partial charge on any atom is 0.257 e. The summed E-state index contributed by atoms with van der Waals surface area (Å²) in [5.74, 6) is -0.372. The molecule has 6 rings (SSSR count). The highest BCUT2D eigenvalue weighted by molar-refractivity contribution is 6.05. The lowest BCUT2D eigenvalue weighted by Crippen LogP contribution is -2.28. The van der Waals surface area contributed by atoms with Gasteiger partial charge in [-0.25, -0.2) is 23.9 Å². The summed E-state index contributed by atoms with van der Waals surface area (Å²) in [4.78, 5) is 38.7. The number of anilines is 2. The van der Waals surface area contributed by atoms with Gasteiger partial charge in [0.2, 0.25) is 5.91 Å². The smallest absolute Gasteiger partial charge is 0.257 e. The van der Waals surface area contributed by atoms with Crippen molar-refractivity contribution in [3.63, 3.8) is 0 Å². The van der Waals surface area contributed by atoms with Crippen LogP contribution in [0, 0.1) is 11.2 Å². The number of aromatic nitrogens is 6. The average molecular weight is 549 g/mol. The highest BCUT2D eigenvalue weighted by Crippen LogP contribution is 2.32. The first-order valence-corrected chi connectivity index (χ1v) is 12.8. The Bertz CT molecular complexity index is 1940. The van der Waals surface area contributed by atoms with Gasteiger partial charge in [0.05, 0.1) is 11.9 Å². The van der Waals surface area contributed by atoms with E-state index in [0.717, 1.165) is 16.9 Å². The fourth-order valence-corrected chi connectivity index (χ4v) is 4.25. The SMILES string of the molecule is CC(C)(C)C(=O)Nc1cc(C(=O)Nc2cn3nc(-c4c(-c5ccc(F)cc5)nc5ccccn45)ccc3n2)ccn1. The van der Waals surface area contributed by atoms with Crippen LogP contribution in [-0.2, 0) is 4.79 Å². The van der Waals surface area contributed by atoms with Crippen molar-refractivity contribution >= 4 is 34.7 Å². The summed E-state index contributed by atoms with van der Waals surface area (Å²) in [5.41, 5.74) is 3.70. The molecular weight excluding hydrogens is 523 g/mol. The predicted octanol–water partition coefficient (Wildman–Crippen LogP) is 5.48. The molecule has 1 aromatic carbocycles. The minimum Gasteiger partial charge on any atom is -0.310 e. The Hall–Kier alpha value is -5.45. The van der Waals surface area contributed by atoms with Crippen molar-refractivity contribution in [3.05, 3.63) is 96.7 Å². The Morgan fingerprint density at radius 2 is 1.68 bits per heavy atom. The van der Waals surface area contributed by atoms with E-state index in [-0.39, 0.29) is 17.5 Å². The maximum atomic E-state index is 13.6. The number of nitrogens with one attached hydrogen (secondary N) is 2. The van der Waals surface area contributed by atoms with Crippen molar-refractivity contribution < 1.29 is 14.0 Å². The van der Waals surface area contributed by atoms with Crippen molar-refractivity contribution in [2.75, 3.05) is 10.6 Å². The largest absolute Gasteiger partial charge is 0.310 e. The fourth-order valence-electron chi connectivity index (χ4n) is 4.25. The second-order valence-corrected chi connectivity index (χ2v) is 10.5. The van der Waals surface area contributed by atoms with Crippen LogP contribution in [-0.4, -0.2) is 40.8 Å². The summed E-state index contributed by atoms with van der Waals surface area (Å²) in [6.45, 7) is 5.38. The average Bonchev–Trinajstić information content (AvgIpc) is 3.53. The summed E-state index contributed by atoms with van der Waals surface area (Å²) in [6, 6.07) is 18.5. The molecule has 0 spiro atoms. The molecular formula is C30H25FN8O2. The van der Waals surface area contributed by atoms with Gasteiger partial charge in [-0.3, -0.25) is 14.0 Å². The summed E-state index contributed by atoms with van der Waals surface area (Å²) in [5, 5.41) is 10.3. The number of nitrogens with zero attached hydrogens (tertiary/aromatic N) is 6. The van der Waals surface area contributed by atoms with Crippen LogP contribution in [0.5, 0.6) is 0 Å². The molecule has 0 bridgehead atoms. The summed E-state index contributed by atoms with van der Waals surface area (Å²) < 4.78 is 17.1. The highest BCUT2D eigenvalue weighted by atomic mass is 19.1. The number of imidazole rings is 2. The Labute approximate surface area is 233 Å². The number of hydrogen-bond donors (Lipinski definition) is 2. The number of amides is 2. The number of halogens is 1. The Balaban J connectivity index is 1.30. The van der Waals surface area contributed by atoms with E-state index in [4.69, 9.17) is 10.1 Å². The quantitative estimate of drug-likeness (QED) is 0.294. The predicted molar refractivity (Wildman–Crippen MR) is 153 cm³/mol. The molecule has 0 saturated carbocycles. The second-order valence-electron chi connectivity index (χ2n) is 10.5. The molecule has 0 atom stereocenters. The van der Waals surface area contributed by atoms with E-state index in [1.165, 1.54) is 24.4 Å². The van der Waals surface area contributed by atoms with Crippen LogP contribution < -0.4 is 10.6 Å². The summed E-state index contributed by atoms with van der Waals surface area (Å²) in [6.07, 6.45) is 4.96. The van der Waals surface area contributed by atoms with Gasteiger partial charge in [-0.2, -0.15) is 5.10 Å². The lowest BCUT2D eigenvalue weighted by atomic mass is 9.96. The van der Waals surface area contributed by atoms with Crippen LogP contribution in [0.15, 0.2) is 85.3 Å². The first-order chi connectivity index (χ1) is 19.7. The molecule has 5 aromatic heterocycles. The Morgan fingerprint density at radius 1 is 0.878 bits per heavy atom. The zero-order valence-electron chi connectivity index (χ0n) is 22.5. The van der Waals surface area contributed by atoms with Crippen LogP contribution in [0.2, 0.25) is 0 Å². The number of pyridine rings is 2. The van der Waals surface area contributed by atoms with Gasteiger partial charge < -0.3 is 10.6 Å². The van der Waals surface area contributed by atoms with Gasteiger partial charge >= 0.3 is 0 Å². The maximum absolute atomic E-state index is 13.6. The zero-order chi connectivity index (χ0) is 28.7. The molecule has 0 aliphatic heterocycles. The van der Waals surface area contributed by atoms with Crippen molar-refractivity contribution in [1.82, 2.24) is 29.0 Å². The number of carbonyl (C=O) groups is 2. The number of carbonyl (C=O) groups excluding carboxylic acids is 2. The Morgan fingerprint density at radius 3 is 2.46 bits per heavy atom. The lowest BCUT2D eigenvalue weighted by molar-refractivity contribution is -0.123. The minimum atomic E-state index is -0.606. The van der Waals surface area contributed by atoms with Crippen LogP contribution in [0.1, 0.15) is 31.1 Å². The van der Waals surface area contributed by atoms with E-state index in [1.54, 1.807) is 55.7 Å². The van der Waals surface area contributed by atoms with Crippen molar-refractivity contribution in [3.8, 4) is 22.6 Å². The molecule has 0 aliphatic carbocycles. The van der Waals surface area contributed by atoms with Gasteiger partial charge in [0.25, 0.3) is 5.91 Å². The first kappa shape index (κ1) is 25.8. The molecule has 2 N–H and O–H groups in total. The number of rotatable bonds is 5. The van der Waals surface area contributed by atoms with Crippen LogP contribution in [0.25, 0.3) is 33.9 Å². The van der Waals surface area contributed by atoms with E-state index in [1.807, 2.05) is 34.9 Å². The molecule has 5 heterocycles. The van der Waals surface area contributed by atoms with E-state index in [0.29, 0.717) is 28.4 Å². The third kappa shape index (κ3) is 5.12. The molecule has 6 aromatic rings. The topological polar surface area (TPSA) is 119 Å². The zero-order valence-corrected chi connectivity index (χ0v) is 22.5. The van der Waals surface area contributed by atoms with E-state index >= 15 is 0 Å². The molecule has 0 fully saturated rings. The van der Waals surface area contributed by atoms with E-state index in [9.17, 15) is 14.0 Å². The standard InChI is InChI=1S/C30H25FN8O2/c1-30(2,3)29(41)35-22-16-19(13-14-32-22)28(40)34-23-17-39-25(33-23)12-11-21(37-39)27-26(18-7-9-20(31)10-8-18)36-24-6-4-5-15-38(24)27/h4-17H,1-3H3,(H,34,40)(H,32,35,41). The van der Waals surface area contributed by atoms with Gasteiger partial charge in [0, 0.05) is 28.9 Å². The summed E-state index contributed by atoms with van der Waals surface area (Å²) >= 11 is 0. The van der Waals surface area contributed by atoms with Gasteiger partial charge in [-0.1, -0.05) is 26.8 Å². The molecule has 0 aliphatic rings. The van der Waals surface area contributed by atoms with Crippen molar-refractivity contribution in [2.24, 2.45) is 5.41 Å². The monoisotopic (exact) mass is 548 g/mol. The summed E-state index contributed by atoms with van der Waals surface area (Å²) in [7, 11) is 0. The van der Waals surface area contributed by atoms with Crippen LogP contribution in [0.4, 0.5) is 16.0 Å². The molecule has 2 amide bonds. The molecule has 11 heteroatoms. The van der Waals surface area contributed by atoms with Gasteiger partial charge in [0.15, 0.2) is 11.5 Å². The van der Waals surface area contributed by atoms with Crippen molar-refractivity contribution in [2.45, 2.75) is 20.8 Å². The Kier molecular flexibility index (Phi) is 6.26. The normalized spacial score (nSPS) is 11.6. The van der Waals surface area contributed by atoms with Crippen LogP contribution in [0.3, 0.4) is 0 Å². The third-order valence-electron chi connectivity index (χ3n) is 6.40.